The fraction of sp³-hybridized carbons (Fsp3) is 0.606. The number of hydrogen-bond donors (Lipinski definition) is 3. The van der Waals surface area contributed by atoms with Crippen LogP contribution in [0.5, 0.6) is 5.75 Å². The van der Waals surface area contributed by atoms with Gasteiger partial charge in [-0.1, -0.05) is 13.8 Å². The largest absolute Gasteiger partial charge is 0.483 e. The molecule has 44 heavy (non-hydrogen) atoms. The van der Waals surface area contributed by atoms with Crippen LogP contribution in [0.1, 0.15) is 76.1 Å². The highest BCUT2D eigenvalue weighted by Crippen LogP contribution is 2.72. The Morgan fingerprint density at radius 2 is 1.91 bits per heavy atom. The van der Waals surface area contributed by atoms with E-state index in [4.69, 9.17) is 14.2 Å². The summed E-state index contributed by atoms with van der Waals surface area (Å²) >= 11 is 0. The lowest BCUT2D eigenvalue weighted by Gasteiger charge is -2.67. The molecular formula is C33H37N3O8. The van der Waals surface area contributed by atoms with Gasteiger partial charge in [-0.15, -0.1) is 0 Å². The third-order valence-corrected chi connectivity index (χ3v) is 12.3. The minimum Gasteiger partial charge on any atom is -0.483 e. The zero-order valence-electron chi connectivity index (χ0n) is 25.5. The molecule has 10 rings (SSSR count). The van der Waals surface area contributed by atoms with Crippen molar-refractivity contribution in [1.29, 1.82) is 0 Å². The zero-order chi connectivity index (χ0) is 31.0. The topological polar surface area (TPSA) is 142 Å². The number of carbonyl (C=O) groups is 3. The van der Waals surface area contributed by atoms with Crippen LogP contribution in [0, 0.1) is 5.92 Å². The zero-order valence-corrected chi connectivity index (χ0v) is 25.5. The Bertz CT molecular complexity index is 1770. The number of amides is 2. The molecule has 8 heterocycles. The average Bonchev–Trinajstić information content (AvgIpc) is 3.65. The predicted molar refractivity (Wildman–Crippen MR) is 155 cm³/mol. The minimum absolute atomic E-state index is 0.238. The predicted octanol–water partition coefficient (Wildman–Crippen LogP) is 2.08. The standard InChI is InChI=1S/C33H37N3O8/c1-28(2)11-9-16-18(43-28)8-7-17-21-22-25-33(41,20(38)14-31(15-37,42-5)44-25)36-26(39)30-10-6-12-35(30)27(40)32(22,36)19(13-30)29(3,4)24(21)34-23(16)17/h7-9,11,19,22,25,34,37,41H,6,10,12-15H2,1-5H3/t19-,22+,25-,30-,31-,32+,33+/m0/s1. The molecule has 232 valence electrons. The van der Waals surface area contributed by atoms with Gasteiger partial charge in [-0.25, -0.2) is 0 Å². The van der Waals surface area contributed by atoms with Crippen LogP contribution in [0.2, 0.25) is 0 Å². The molecule has 2 aromatic rings. The van der Waals surface area contributed by atoms with Gasteiger partial charge in [-0.05, 0) is 63.0 Å². The number of ether oxygens (including phenoxy) is 3. The average molecular weight is 604 g/mol. The molecule has 1 aromatic carbocycles. The van der Waals surface area contributed by atoms with E-state index < -0.39 is 70.4 Å². The van der Waals surface area contributed by atoms with E-state index in [1.807, 2.05) is 38.1 Å². The first-order valence-corrected chi connectivity index (χ1v) is 15.6. The number of fused-ring (bicyclic) bond motifs is 8. The van der Waals surface area contributed by atoms with Crippen LogP contribution in [0.15, 0.2) is 18.2 Å². The van der Waals surface area contributed by atoms with E-state index in [0.29, 0.717) is 25.8 Å². The van der Waals surface area contributed by atoms with E-state index in [2.05, 4.69) is 18.8 Å². The fourth-order valence-corrected chi connectivity index (χ4v) is 10.4. The van der Waals surface area contributed by atoms with E-state index in [9.17, 15) is 19.8 Å². The van der Waals surface area contributed by atoms with Crippen molar-refractivity contribution in [2.75, 3.05) is 20.3 Å². The fourth-order valence-electron chi connectivity index (χ4n) is 10.4. The molecule has 11 nitrogen and oxygen atoms in total. The molecule has 2 amide bonds. The highest BCUT2D eigenvalue weighted by atomic mass is 16.7. The van der Waals surface area contributed by atoms with Crippen LogP contribution >= 0.6 is 0 Å². The first-order chi connectivity index (χ1) is 20.7. The van der Waals surface area contributed by atoms with Gasteiger partial charge < -0.3 is 34.3 Å². The smallest absolute Gasteiger partial charge is 0.252 e. The Kier molecular flexibility index (Phi) is 4.67. The third-order valence-electron chi connectivity index (χ3n) is 12.3. The van der Waals surface area contributed by atoms with Crippen molar-refractivity contribution < 1.29 is 38.8 Å². The van der Waals surface area contributed by atoms with Crippen LogP contribution in [0.25, 0.3) is 17.0 Å². The minimum atomic E-state index is -2.42. The molecule has 2 spiro atoms. The normalized spacial score (nSPS) is 41.8. The number of nitrogens with one attached hydrogen (secondary N) is 1. The van der Waals surface area contributed by atoms with Gasteiger partial charge in [0.2, 0.25) is 5.72 Å². The van der Waals surface area contributed by atoms with E-state index in [-0.39, 0.29) is 11.8 Å². The molecule has 1 aliphatic carbocycles. The van der Waals surface area contributed by atoms with Crippen molar-refractivity contribution in [3.63, 3.8) is 0 Å². The maximum absolute atomic E-state index is 15.1. The Hall–Kier alpha value is -3.25. The molecule has 3 N–H and O–H groups in total. The van der Waals surface area contributed by atoms with Crippen molar-refractivity contribution >= 4 is 34.6 Å². The number of aliphatic hydroxyl groups is 2. The summed E-state index contributed by atoms with van der Waals surface area (Å²) in [7, 11) is 1.34. The highest BCUT2D eigenvalue weighted by molar-refractivity contribution is 6.11. The quantitative estimate of drug-likeness (QED) is 0.474. The van der Waals surface area contributed by atoms with Crippen LogP contribution in [-0.2, 0) is 29.3 Å². The Labute approximate surface area is 254 Å². The van der Waals surface area contributed by atoms with Crippen LogP contribution in [0.4, 0.5) is 0 Å². The van der Waals surface area contributed by atoms with E-state index in [1.54, 1.807) is 4.90 Å². The summed E-state index contributed by atoms with van der Waals surface area (Å²) in [5, 5.41) is 23.9. The summed E-state index contributed by atoms with van der Waals surface area (Å²) in [4.78, 5) is 50.8. The first-order valence-electron chi connectivity index (χ1n) is 15.6. The number of piperidine rings is 2. The lowest BCUT2D eigenvalue weighted by atomic mass is 9.48. The van der Waals surface area contributed by atoms with Crippen molar-refractivity contribution in [1.82, 2.24) is 14.8 Å². The molecule has 11 heteroatoms. The molecule has 0 radical (unpaired) electrons. The highest BCUT2D eigenvalue weighted by Gasteiger charge is 2.88. The third kappa shape index (κ3) is 2.56. The van der Waals surface area contributed by atoms with Gasteiger partial charge in [0.15, 0.2) is 11.6 Å². The van der Waals surface area contributed by atoms with Crippen LogP contribution in [0.3, 0.4) is 0 Å². The maximum Gasteiger partial charge on any atom is 0.252 e. The molecule has 8 aliphatic rings. The second-order valence-electron chi connectivity index (χ2n) is 15.0. The number of Topliss-reactive ketones (excluding diaryl/α,β-unsaturated/α-hetero) is 1. The summed E-state index contributed by atoms with van der Waals surface area (Å²) in [5.41, 5.74) is -2.98. The number of methoxy groups -OCH3 is 1. The molecule has 0 unspecified atom stereocenters. The molecular weight excluding hydrogens is 566 g/mol. The summed E-state index contributed by atoms with van der Waals surface area (Å²) in [6.45, 7) is 7.97. The number of H-pyrrole nitrogens is 1. The van der Waals surface area contributed by atoms with Gasteiger partial charge >= 0.3 is 0 Å². The molecule has 7 atom stereocenters. The van der Waals surface area contributed by atoms with Gasteiger partial charge in [0.25, 0.3) is 11.8 Å². The molecule has 7 aliphatic heterocycles. The second kappa shape index (κ2) is 7.58. The summed E-state index contributed by atoms with van der Waals surface area (Å²) in [5.74, 6) is -3.68. The number of aromatic nitrogens is 1. The number of aliphatic hydroxyl groups excluding tert-OH is 1. The number of benzene rings is 1. The van der Waals surface area contributed by atoms with Crippen molar-refractivity contribution in [3.8, 4) is 5.75 Å². The lowest BCUT2D eigenvalue weighted by Crippen LogP contribution is -2.86. The van der Waals surface area contributed by atoms with Crippen LogP contribution in [-0.4, -0.2) is 97.2 Å². The van der Waals surface area contributed by atoms with E-state index >= 15 is 4.79 Å². The molecule has 6 fully saturated rings. The summed E-state index contributed by atoms with van der Waals surface area (Å²) in [6.07, 6.45) is 3.78. The van der Waals surface area contributed by atoms with Crippen LogP contribution < -0.4 is 4.74 Å². The van der Waals surface area contributed by atoms with Gasteiger partial charge in [-0.2, -0.15) is 0 Å². The van der Waals surface area contributed by atoms with Crippen molar-refractivity contribution in [2.24, 2.45) is 5.92 Å². The Balaban J connectivity index is 1.40. The second-order valence-corrected chi connectivity index (χ2v) is 15.0. The molecule has 6 saturated heterocycles. The maximum atomic E-state index is 15.1. The number of carbonyl (C=O) groups excluding carboxylic acids is 3. The number of rotatable bonds is 2. The number of hydrogen-bond acceptors (Lipinski definition) is 8. The van der Waals surface area contributed by atoms with E-state index in [0.717, 1.165) is 33.5 Å². The first kappa shape index (κ1) is 27.1. The Morgan fingerprint density at radius 1 is 1.14 bits per heavy atom. The lowest BCUT2D eigenvalue weighted by molar-refractivity contribution is -0.312. The summed E-state index contributed by atoms with van der Waals surface area (Å²) < 4.78 is 18.4. The molecule has 1 aromatic heterocycles. The number of nitrogens with zero attached hydrogens (tertiary/aromatic N) is 2. The van der Waals surface area contributed by atoms with Crippen molar-refractivity contribution in [2.45, 2.75) is 99.0 Å². The van der Waals surface area contributed by atoms with Gasteiger partial charge in [0.1, 0.15) is 28.5 Å². The van der Waals surface area contributed by atoms with Gasteiger partial charge in [0.05, 0.1) is 24.5 Å². The SMILES string of the molecule is CO[C@@]1(CO)CC(=O)[C@@]2(O)[C@@H](O1)[C@H]1c3c([nH]c4c5c(ccc34)OC(C)(C)C=C5)C(C)(C)[C@@H]3C[C@]45CCCN4C(=O)[C@]13N2C5=O. The van der Waals surface area contributed by atoms with Gasteiger partial charge in [-0.3, -0.25) is 19.3 Å². The molecule has 2 bridgehead atoms. The summed E-state index contributed by atoms with van der Waals surface area (Å²) in [6, 6.07) is 3.86. The van der Waals surface area contributed by atoms with Gasteiger partial charge in [0, 0.05) is 41.6 Å². The molecule has 0 saturated carbocycles. The van der Waals surface area contributed by atoms with E-state index in [1.165, 1.54) is 12.0 Å². The monoisotopic (exact) mass is 603 g/mol. The number of piperazine rings is 1. The number of ketones is 1. The number of aromatic amines is 1. The Morgan fingerprint density at radius 3 is 2.64 bits per heavy atom. The van der Waals surface area contributed by atoms with Crippen molar-refractivity contribution in [3.05, 3.63) is 35.0 Å².